The van der Waals surface area contributed by atoms with E-state index in [1.807, 2.05) is 4.90 Å². The predicted molar refractivity (Wildman–Crippen MR) is 59.5 cm³/mol. The van der Waals surface area contributed by atoms with Gasteiger partial charge in [-0.15, -0.1) is 0 Å². The molecule has 0 spiro atoms. The Bertz CT molecular complexity index is 226. The molecule has 1 aliphatic carbocycles. The Balaban J connectivity index is 1.66. The van der Waals surface area contributed by atoms with Crippen molar-refractivity contribution >= 4 is 6.03 Å². The third-order valence-electron chi connectivity index (χ3n) is 3.52. The quantitative estimate of drug-likeness (QED) is 0.713. The summed E-state index contributed by atoms with van der Waals surface area (Å²) in [6, 6.07) is 0.478. The number of carbonyl (C=O) groups is 1. The first-order valence-electron chi connectivity index (χ1n) is 6.04. The molecule has 86 valence electrons. The molecule has 0 bridgehead atoms. The van der Waals surface area contributed by atoms with Gasteiger partial charge in [-0.25, -0.2) is 4.79 Å². The minimum Gasteiger partial charge on any atom is -0.338 e. The van der Waals surface area contributed by atoms with Crippen molar-refractivity contribution in [3.63, 3.8) is 0 Å². The van der Waals surface area contributed by atoms with Crippen LogP contribution in [0.1, 0.15) is 32.1 Å². The van der Waals surface area contributed by atoms with Gasteiger partial charge in [0, 0.05) is 25.7 Å². The van der Waals surface area contributed by atoms with Crippen LogP contribution in [0.3, 0.4) is 0 Å². The highest BCUT2D eigenvalue weighted by Gasteiger charge is 2.23. The van der Waals surface area contributed by atoms with Gasteiger partial charge in [-0.1, -0.05) is 0 Å². The largest absolute Gasteiger partial charge is 0.338 e. The van der Waals surface area contributed by atoms with Crippen LogP contribution in [0.2, 0.25) is 0 Å². The van der Waals surface area contributed by atoms with E-state index >= 15 is 0 Å². The molecule has 1 saturated heterocycles. The van der Waals surface area contributed by atoms with E-state index in [4.69, 9.17) is 5.73 Å². The first-order chi connectivity index (χ1) is 7.25. The van der Waals surface area contributed by atoms with E-state index in [-0.39, 0.29) is 6.03 Å². The number of nitrogens with two attached hydrogens (primary N) is 1. The molecule has 2 atom stereocenters. The number of nitrogens with one attached hydrogen (secondary N) is 1. The third kappa shape index (κ3) is 2.84. The highest BCUT2D eigenvalue weighted by atomic mass is 16.2. The Labute approximate surface area is 91.2 Å². The van der Waals surface area contributed by atoms with Crippen molar-refractivity contribution < 1.29 is 4.79 Å². The molecule has 3 N–H and O–H groups in total. The summed E-state index contributed by atoms with van der Waals surface area (Å²) < 4.78 is 0. The molecule has 1 saturated carbocycles. The molecule has 2 amide bonds. The van der Waals surface area contributed by atoms with Gasteiger partial charge >= 0.3 is 6.03 Å². The zero-order valence-electron chi connectivity index (χ0n) is 9.24. The number of hydrogen-bond donors (Lipinski definition) is 2. The molecule has 0 radical (unpaired) electrons. The zero-order valence-corrected chi connectivity index (χ0v) is 9.24. The fourth-order valence-electron chi connectivity index (χ4n) is 2.56. The van der Waals surface area contributed by atoms with Gasteiger partial charge in [-0.05, 0) is 38.0 Å². The first-order valence-corrected chi connectivity index (χ1v) is 6.04. The molecule has 1 aliphatic heterocycles. The van der Waals surface area contributed by atoms with Crippen molar-refractivity contribution in [2.45, 2.75) is 38.1 Å². The second-order valence-corrected chi connectivity index (χ2v) is 4.82. The van der Waals surface area contributed by atoms with Gasteiger partial charge in [0.15, 0.2) is 0 Å². The lowest BCUT2D eigenvalue weighted by Crippen LogP contribution is -2.40. The number of hydrogen-bond acceptors (Lipinski definition) is 2. The molecule has 2 fully saturated rings. The van der Waals surface area contributed by atoms with E-state index in [2.05, 4.69) is 5.32 Å². The van der Waals surface area contributed by atoms with Gasteiger partial charge in [-0.3, -0.25) is 0 Å². The van der Waals surface area contributed by atoms with Crippen LogP contribution in [0, 0.1) is 5.92 Å². The molecule has 0 aromatic heterocycles. The average Bonchev–Trinajstić information content (AvgIpc) is 2.84. The van der Waals surface area contributed by atoms with Gasteiger partial charge in [0.1, 0.15) is 0 Å². The highest BCUT2D eigenvalue weighted by Crippen LogP contribution is 2.23. The lowest BCUT2D eigenvalue weighted by atomic mass is 10.1. The Kier molecular flexibility index (Phi) is 3.46. The zero-order chi connectivity index (χ0) is 10.7. The molecule has 2 rings (SSSR count). The summed E-state index contributed by atoms with van der Waals surface area (Å²) in [5.41, 5.74) is 5.83. The predicted octanol–water partition coefficient (Wildman–Crippen LogP) is 0.919. The Morgan fingerprint density at radius 2 is 2.07 bits per heavy atom. The molecule has 2 unspecified atom stereocenters. The number of likely N-dealkylation sites (tertiary alicyclic amines) is 1. The molecule has 15 heavy (non-hydrogen) atoms. The fourth-order valence-corrected chi connectivity index (χ4v) is 2.56. The molecule has 4 nitrogen and oxygen atoms in total. The van der Waals surface area contributed by atoms with E-state index in [9.17, 15) is 4.79 Å². The van der Waals surface area contributed by atoms with E-state index in [1.54, 1.807) is 0 Å². The van der Waals surface area contributed by atoms with E-state index in [0.29, 0.717) is 12.0 Å². The van der Waals surface area contributed by atoms with Crippen molar-refractivity contribution in [1.29, 1.82) is 0 Å². The standard InChI is InChI=1S/C11H21N3O/c12-10-4-3-9(7-10)8-13-11(15)14-5-1-2-6-14/h9-10H,1-8,12H2,(H,13,15). The minimum absolute atomic E-state index is 0.118. The highest BCUT2D eigenvalue weighted by molar-refractivity contribution is 5.74. The van der Waals surface area contributed by atoms with Crippen molar-refractivity contribution in [2.75, 3.05) is 19.6 Å². The van der Waals surface area contributed by atoms with Crippen molar-refractivity contribution in [2.24, 2.45) is 11.7 Å². The molecular weight excluding hydrogens is 190 g/mol. The van der Waals surface area contributed by atoms with Gasteiger partial charge in [0.2, 0.25) is 0 Å². The molecule has 1 heterocycles. The second kappa shape index (κ2) is 4.84. The molecule has 2 aliphatic rings. The average molecular weight is 211 g/mol. The first kappa shape index (κ1) is 10.7. The van der Waals surface area contributed by atoms with Gasteiger partial charge in [0.05, 0.1) is 0 Å². The number of urea groups is 1. The minimum atomic E-state index is 0.118. The smallest absolute Gasteiger partial charge is 0.317 e. The normalized spacial score (nSPS) is 30.9. The van der Waals surface area contributed by atoms with Crippen molar-refractivity contribution in [3.8, 4) is 0 Å². The summed E-state index contributed by atoms with van der Waals surface area (Å²) in [6.45, 7) is 2.66. The van der Waals surface area contributed by atoms with Crippen LogP contribution in [0.25, 0.3) is 0 Å². The topological polar surface area (TPSA) is 58.4 Å². The third-order valence-corrected chi connectivity index (χ3v) is 3.52. The summed E-state index contributed by atoms with van der Waals surface area (Å²) in [5.74, 6) is 0.603. The second-order valence-electron chi connectivity index (χ2n) is 4.82. The Hall–Kier alpha value is -0.770. The monoisotopic (exact) mass is 211 g/mol. The van der Waals surface area contributed by atoms with E-state index < -0.39 is 0 Å². The molecule has 4 heteroatoms. The van der Waals surface area contributed by atoms with Crippen LogP contribution < -0.4 is 11.1 Å². The maximum Gasteiger partial charge on any atom is 0.317 e. The lowest BCUT2D eigenvalue weighted by Gasteiger charge is -2.18. The van der Waals surface area contributed by atoms with Crippen molar-refractivity contribution in [1.82, 2.24) is 10.2 Å². The van der Waals surface area contributed by atoms with E-state index in [1.165, 1.54) is 6.42 Å². The van der Waals surface area contributed by atoms with Gasteiger partial charge < -0.3 is 16.0 Å². The SMILES string of the molecule is NC1CCC(CNC(=O)N2CCCC2)C1. The number of carbonyl (C=O) groups excluding carboxylic acids is 1. The summed E-state index contributed by atoms with van der Waals surface area (Å²) in [5, 5.41) is 3.02. The summed E-state index contributed by atoms with van der Waals surface area (Å²) in [7, 11) is 0. The number of rotatable bonds is 2. The van der Waals surface area contributed by atoms with Crippen LogP contribution in [0.5, 0.6) is 0 Å². The maximum atomic E-state index is 11.7. The molecule has 0 aromatic rings. The Morgan fingerprint density at radius 3 is 2.67 bits per heavy atom. The summed E-state index contributed by atoms with van der Waals surface area (Å²) in [6.07, 6.45) is 5.66. The maximum absolute atomic E-state index is 11.7. The fraction of sp³-hybridized carbons (Fsp3) is 0.909. The van der Waals surface area contributed by atoms with Gasteiger partial charge in [0.25, 0.3) is 0 Å². The number of nitrogens with zero attached hydrogens (tertiary/aromatic N) is 1. The van der Waals surface area contributed by atoms with Crippen molar-refractivity contribution in [3.05, 3.63) is 0 Å². The molecule has 0 aromatic carbocycles. The van der Waals surface area contributed by atoms with Crippen LogP contribution in [-0.4, -0.2) is 36.6 Å². The summed E-state index contributed by atoms with van der Waals surface area (Å²) >= 11 is 0. The van der Waals surface area contributed by atoms with Crippen LogP contribution in [-0.2, 0) is 0 Å². The van der Waals surface area contributed by atoms with Crippen LogP contribution in [0.4, 0.5) is 4.79 Å². The Morgan fingerprint density at radius 1 is 1.33 bits per heavy atom. The van der Waals surface area contributed by atoms with Gasteiger partial charge in [-0.2, -0.15) is 0 Å². The lowest BCUT2D eigenvalue weighted by molar-refractivity contribution is 0.207. The van der Waals surface area contributed by atoms with E-state index in [0.717, 1.165) is 45.3 Å². The van der Waals surface area contributed by atoms with Crippen LogP contribution in [0.15, 0.2) is 0 Å². The number of amides is 2. The summed E-state index contributed by atoms with van der Waals surface area (Å²) in [4.78, 5) is 13.6. The molecular formula is C11H21N3O. The van der Waals surface area contributed by atoms with Crippen LogP contribution >= 0.6 is 0 Å².